The first-order chi connectivity index (χ1) is 15.0. The van der Waals surface area contributed by atoms with Gasteiger partial charge >= 0.3 is 5.97 Å². The fourth-order valence-corrected chi connectivity index (χ4v) is 3.97. The van der Waals surface area contributed by atoms with Crippen molar-refractivity contribution in [2.75, 3.05) is 13.4 Å². The first-order valence-corrected chi connectivity index (χ1v) is 10.0. The molecule has 10 heteroatoms. The molecule has 2 aromatic rings. The Bertz CT molecular complexity index is 1170. The average Bonchev–Trinajstić information content (AvgIpc) is 3.32. The van der Waals surface area contributed by atoms with Gasteiger partial charge in [-0.1, -0.05) is 23.9 Å². The van der Waals surface area contributed by atoms with Gasteiger partial charge < -0.3 is 19.3 Å². The molecular formula is C21H16N2O7S. The third kappa shape index (κ3) is 4.24. The van der Waals surface area contributed by atoms with Crippen molar-refractivity contribution in [2.45, 2.75) is 6.92 Å². The SMILES string of the molecule is CCOC(=O)C1=C(O)C(=Cc2ccc3c(c2)OCO3)SC1=Nc1cccc([N+](=O)[O-])c1. The van der Waals surface area contributed by atoms with Gasteiger partial charge in [-0.05, 0) is 36.8 Å². The van der Waals surface area contributed by atoms with Crippen molar-refractivity contribution in [3.8, 4) is 11.5 Å². The fourth-order valence-electron chi connectivity index (χ4n) is 2.94. The summed E-state index contributed by atoms with van der Waals surface area (Å²) in [5, 5.41) is 22.0. The molecule has 1 N–H and O–H groups in total. The summed E-state index contributed by atoms with van der Waals surface area (Å²) in [6.45, 7) is 1.91. The number of fused-ring (bicyclic) bond motifs is 1. The van der Waals surface area contributed by atoms with Gasteiger partial charge in [-0.25, -0.2) is 9.79 Å². The van der Waals surface area contributed by atoms with Crippen LogP contribution in [-0.4, -0.2) is 34.4 Å². The summed E-state index contributed by atoms with van der Waals surface area (Å²) >= 11 is 1.06. The van der Waals surface area contributed by atoms with Gasteiger partial charge in [0.2, 0.25) is 6.79 Å². The topological polar surface area (TPSA) is 120 Å². The Balaban J connectivity index is 1.73. The second-order valence-electron chi connectivity index (χ2n) is 6.36. The van der Waals surface area contributed by atoms with Gasteiger partial charge in [0.15, 0.2) is 11.5 Å². The van der Waals surface area contributed by atoms with E-state index in [1.54, 1.807) is 37.3 Å². The van der Waals surface area contributed by atoms with E-state index in [0.29, 0.717) is 16.4 Å². The summed E-state index contributed by atoms with van der Waals surface area (Å²) in [6, 6.07) is 11.0. The molecule has 0 aromatic heterocycles. The van der Waals surface area contributed by atoms with Crippen LogP contribution < -0.4 is 9.47 Å². The number of carbonyl (C=O) groups excluding carboxylic acids is 1. The number of esters is 1. The first kappa shape index (κ1) is 20.5. The fraction of sp³-hybridized carbons (Fsp3) is 0.143. The van der Waals surface area contributed by atoms with Crippen molar-refractivity contribution in [3.63, 3.8) is 0 Å². The maximum absolute atomic E-state index is 12.5. The van der Waals surface area contributed by atoms with Crippen LogP contribution in [0.4, 0.5) is 11.4 Å². The summed E-state index contributed by atoms with van der Waals surface area (Å²) in [7, 11) is 0. The number of non-ortho nitro benzene ring substituents is 1. The number of nitro groups is 1. The quantitative estimate of drug-likeness (QED) is 0.409. The molecule has 0 radical (unpaired) electrons. The lowest BCUT2D eigenvalue weighted by Crippen LogP contribution is -2.12. The van der Waals surface area contributed by atoms with Crippen LogP contribution in [0.5, 0.6) is 11.5 Å². The molecule has 2 aliphatic rings. The van der Waals surface area contributed by atoms with Crippen LogP contribution in [0.2, 0.25) is 0 Å². The highest BCUT2D eigenvalue weighted by atomic mass is 32.2. The highest BCUT2D eigenvalue weighted by Crippen LogP contribution is 2.41. The zero-order valence-corrected chi connectivity index (χ0v) is 17.0. The normalized spacial score (nSPS) is 17.5. The Morgan fingerprint density at radius 2 is 2.10 bits per heavy atom. The Morgan fingerprint density at radius 3 is 2.87 bits per heavy atom. The van der Waals surface area contributed by atoms with Crippen molar-refractivity contribution in [1.82, 2.24) is 0 Å². The van der Waals surface area contributed by atoms with Crippen LogP contribution in [0, 0.1) is 10.1 Å². The molecule has 158 valence electrons. The summed E-state index contributed by atoms with van der Waals surface area (Å²) in [4.78, 5) is 27.7. The molecule has 0 spiro atoms. The maximum atomic E-state index is 12.5. The Hall–Kier alpha value is -3.79. The van der Waals surface area contributed by atoms with Gasteiger partial charge in [-0.15, -0.1) is 0 Å². The molecule has 0 saturated heterocycles. The molecule has 31 heavy (non-hydrogen) atoms. The number of thioether (sulfide) groups is 1. The van der Waals surface area contributed by atoms with Gasteiger partial charge in [0.25, 0.3) is 5.69 Å². The highest BCUT2D eigenvalue weighted by molar-refractivity contribution is 8.18. The number of aliphatic imine (C=N–C) groups is 1. The van der Waals surface area contributed by atoms with Crippen molar-refractivity contribution in [1.29, 1.82) is 0 Å². The maximum Gasteiger partial charge on any atom is 0.344 e. The highest BCUT2D eigenvalue weighted by Gasteiger charge is 2.33. The summed E-state index contributed by atoms with van der Waals surface area (Å²) in [5.74, 6) is 0.203. The Morgan fingerprint density at radius 1 is 1.29 bits per heavy atom. The van der Waals surface area contributed by atoms with Crippen molar-refractivity contribution in [2.24, 2.45) is 4.99 Å². The minimum Gasteiger partial charge on any atom is -0.506 e. The van der Waals surface area contributed by atoms with Gasteiger partial charge in [0.1, 0.15) is 16.4 Å². The molecule has 2 heterocycles. The number of aliphatic hydroxyl groups excluding tert-OH is 1. The van der Waals surface area contributed by atoms with Crippen LogP contribution in [0.25, 0.3) is 6.08 Å². The number of carbonyl (C=O) groups is 1. The van der Waals surface area contributed by atoms with Crippen LogP contribution in [-0.2, 0) is 9.53 Å². The van der Waals surface area contributed by atoms with E-state index in [1.807, 2.05) is 0 Å². The lowest BCUT2D eigenvalue weighted by molar-refractivity contribution is -0.384. The Kier molecular flexibility index (Phi) is 5.63. The minimum absolute atomic E-state index is 0.0923. The molecule has 2 aromatic carbocycles. The molecule has 0 saturated carbocycles. The van der Waals surface area contributed by atoms with E-state index in [9.17, 15) is 20.0 Å². The van der Waals surface area contributed by atoms with Gasteiger partial charge in [-0.3, -0.25) is 10.1 Å². The van der Waals surface area contributed by atoms with Gasteiger partial charge in [0.05, 0.1) is 22.1 Å². The number of ether oxygens (including phenoxy) is 3. The van der Waals surface area contributed by atoms with Crippen LogP contribution in [0.3, 0.4) is 0 Å². The zero-order valence-electron chi connectivity index (χ0n) is 16.2. The van der Waals surface area contributed by atoms with Crippen molar-refractivity contribution < 1.29 is 29.0 Å². The molecule has 0 fully saturated rings. The third-order valence-electron chi connectivity index (χ3n) is 4.34. The number of nitro benzene ring substituents is 1. The Labute approximate surface area is 180 Å². The van der Waals surface area contributed by atoms with E-state index in [0.717, 1.165) is 17.3 Å². The number of nitrogens with zero attached hydrogens (tertiary/aromatic N) is 2. The summed E-state index contributed by atoms with van der Waals surface area (Å²) in [5.41, 5.74) is 0.769. The second kappa shape index (κ2) is 8.52. The predicted molar refractivity (Wildman–Crippen MR) is 115 cm³/mol. The predicted octanol–water partition coefficient (Wildman–Crippen LogP) is 4.52. The van der Waals surface area contributed by atoms with E-state index in [4.69, 9.17) is 14.2 Å². The molecule has 9 nitrogen and oxygen atoms in total. The van der Waals surface area contributed by atoms with Crippen molar-refractivity contribution in [3.05, 3.63) is 74.4 Å². The van der Waals surface area contributed by atoms with Crippen LogP contribution >= 0.6 is 11.8 Å². The monoisotopic (exact) mass is 440 g/mol. The van der Waals surface area contributed by atoms with E-state index in [1.165, 1.54) is 18.2 Å². The standard InChI is InChI=1S/C21H16N2O7S/c1-2-28-21(25)18-19(24)17(9-12-6-7-15-16(8-12)30-11-29-15)31-20(18)22-13-4-3-5-14(10-13)23(26)27/h3-10,24H,2,11H2,1H3. The van der Waals surface area contributed by atoms with Gasteiger partial charge in [0, 0.05) is 12.1 Å². The molecule has 0 unspecified atom stereocenters. The molecule has 4 rings (SSSR count). The largest absolute Gasteiger partial charge is 0.506 e. The molecule has 0 amide bonds. The number of benzene rings is 2. The van der Waals surface area contributed by atoms with Crippen molar-refractivity contribution >= 4 is 40.2 Å². The minimum atomic E-state index is -0.731. The molecule has 2 aliphatic heterocycles. The molecule has 0 bridgehead atoms. The number of hydrogen-bond donors (Lipinski definition) is 1. The molecule has 0 aliphatic carbocycles. The number of aliphatic hydroxyl groups is 1. The van der Waals surface area contributed by atoms with E-state index >= 15 is 0 Å². The molecule has 0 atom stereocenters. The van der Waals surface area contributed by atoms with Gasteiger partial charge in [-0.2, -0.15) is 0 Å². The first-order valence-electron chi connectivity index (χ1n) is 9.19. The second-order valence-corrected chi connectivity index (χ2v) is 7.39. The number of hydrogen-bond acceptors (Lipinski definition) is 9. The third-order valence-corrected chi connectivity index (χ3v) is 5.36. The smallest absolute Gasteiger partial charge is 0.344 e. The van der Waals surface area contributed by atoms with E-state index < -0.39 is 10.9 Å². The number of rotatable bonds is 5. The van der Waals surface area contributed by atoms with Crippen LogP contribution in [0.15, 0.2) is 63.7 Å². The summed E-state index contributed by atoms with van der Waals surface area (Å²) in [6.07, 6.45) is 1.68. The van der Waals surface area contributed by atoms with Crippen LogP contribution in [0.1, 0.15) is 12.5 Å². The zero-order chi connectivity index (χ0) is 22.0. The van der Waals surface area contributed by atoms with E-state index in [-0.39, 0.29) is 41.2 Å². The summed E-state index contributed by atoms with van der Waals surface area (Å²) < 4.78 is 15.7. The lowest BCUT2D eigenvalue weighted by Gasteiger charge is -2.03. The average molecular weight is 440 g/mol. The van der Waals surface area contributed by atoms with E-state index in [2.05, 4.69) is 4.99 Å². The molecular weight excluding hydrogens is 424 g/mol. The lowest BCUT2D eigenvalue weighted by atomic mass is 10.1.